The molecule has 0 saturated heterocycles. The summed E-state index contributed by atoms with van der Waals surface area (Å²) < 4.78 is 117. The van der Waals surface area contributed by atoms with Crippen LogP contribution in [0.1, 0.15) is 0 Å². The molecule has 2 aromatic carbocycles. The van der Waals surface area contributed by atoms with Crippen LogP contribution in [0.15, 0.2) is 42.5 Å². The average molecular weight is 503 g/mol. The van der Waals surface area contributed by atoms with Gasteiger partial charge in [0.2, 0.25) is 0 Å². The van der Waals surface area contributed by atoms with Gasteiger partial charge in [0.1, 0.15) is 11.5 Å². The number of benzene rings is 2. The molecule has 0 unspecified atom stereocenters. The summed E-state index contributed by atoms with van der Waals surface area (Å²) in [5.41, 5.74) is -2.01. The normalized spacial score (nSPS) is 12.0. The van der Waals surface area contributed by atoms with E-state index in [9.17, 15) is 53.9 Å². The molecule has 0 aromatic heterocycles. The van der Waals surface area contributed by atoms with Gasteiger partial charge in [0.05, 0.1) is 11.4 Å². The molecule has 0 radical (unpaired) electrons. The highest BCUT2D eigenvalue weighted by Crippen LogP contribution is 2.33. The Hall–Kier alpha value is -3.98. The van der Waals surface area contributed by atoms with Crippen LogP contribution in [0, 0.1) is 0 Å². The number of hydrogen-bond donors (Lipinski definition) is 3. The number of anilines is 3. The number of carbonyl (C=O) groups is 3. The predicted octanol–water partition coefficient (Wildman–Crippen LogP) is 4.98. The molecule has 0 atom stereocenters. The van der Waals surface area contributed by atoms with Crippen molar-refractivity contribution in [1.82, 2.24) is 0 Å². The maximum absolute atomic E-state index is 12.6. The van der Waals surface area contributed by atoms with E-state index in [1.54, 1.807) is 5.32 Å². The fourth-order valence-electron chi connectivity index (χ4n) is 2.13. The van der Waals surface area contributed by atoms with Gasteiger partial charge in [-0.05, 0) is 36.4 Å². The Morgan fingerprint density at radius 1 is 0.559 bits per heavy atom. The van der Waals surface area contributed by atoms with Crippen LogP contribution in [0.3, 0.4) is 0 Å². The van der Waals surface area contributed by atoms with Crippen LogP contribution in [0.4, 0.5) is 56.6 Å². The SMILES string of the molecule is O=C(Nc1ccc(Oc2ccc(NC(=O)C(F)(F)F)c(NC(=O)C(F)(F)F)c2)cc1)C(F)(F)F. The summed E-state index contributed by atoms with van der Waals surface area (Å²) in [4.78, 5) is 33.2. The van der Waals surface area contributed by atoms with Crippen LogP contribution in [-0.2, 0) is 14.4 Å². The lowest BCUT2D eigenvalue weighted by Gasteiger charge is -2.16. The van der Waals surface area contributed by atoms with Gasteiger partial charge in [-0.2, -0.15) is 39.5 Å². The van der Waals surface area contributed by atoms with E-state index in [1.807, 2.05) is 0 Å². The van der Waals surface area contributed by atoms with Crippen molar-refractivity contribution < 1.29 is 58.6 Å². The van der Waals surface area contributed by atoms with Crippen molar-refractivity contribution in [2.24, 2.45) is 0 Å². The maximum Gasteiger partial charge on any atom is 0.471 e. The van der Waals surface area contributed by atoms with Crippen molar-refractivity contribution >= 4 is 34.8 Å². The molecule has 0 saturated carbocycles. The van der Waals surface area contributed by atoms with Crippen LogP contribution >= 0.6 is 0 Å². The van der Waals surface area contributed by atoms with Crippen molar-refractivity contribution in [2.45, 2.75) is 18.5 Å². The maximum atomic E-state index is 12.6. The Bertz CT molecular complexity index is 1080. The van der Waals surface area contributed by atoms with Crippen molar-refractivity contribution in [3.63, 3.8) is 0 Å². The quantitative estimate of drug-likeness (QED) is 0.502. The van der Waals surface area contributed by atoms with Crippen LogP contribution in [0.5, 0.6) is 11.5 Å². The summed E-state index contributed by atoms with van der Waals surface area (Å²) in [5.74, 6) is -7.79. The van der Waals surface area contributed by atoms with E-state index in [1.165, 1.54) is 10.6 Å². The number of halogens is 9. The first kappa shape index (κ1) is 26.3. The minimum Gasteiger partial charge on any atom is -0.457 e. The summed E-state index contributed by atoms with van der Waals surface area (Å²) in [6, 6.07) is 6.39. The summed E-state index contributed by atoms with van der Waals surface area (Å²) in [5, 5.41) is 4.15. The van der Waals surface area contributed by atoms with E-state index in [-0.39, 0.29) is 17.2 Å². The summed E-state index contributed by atoms with van der Waals surface area (Å²) in [6.07, 6.45) is -15.9. The highest BCUT2D eigenvalue weighted by atomic mass is 19.4. The molecule has 2 rings (SSSR count). The monoisotopic (exact) mass is 503 g/mol. The smallest absolute Gasteiger partial charge is 0.457 e. The third-order valence-electron chi connectivity index (χ3n) is 3.61. The molecule has 3 N–H and O–H groups in total. The molecule has 0 aliphatic heterocycles. The zero-order chi connectivity index (χ0) is 25.9. The minimum atomic E-state index is -5.42. The second kappa shape index (κ2) is 9.48. The number of alkyl halides is 9. The third-order valence-corrected chi connectivity index (χ3v) is 3.61. The molecule has 16 heteroatoms. The van der Waals surface area contributed by atoms with Gasteiger partial charge in [0.15, 0.2) is 0 Å². The zero-order valence-corrected chi connectivity index (χ0v) is 16.1. The first-order chi connectivity index (χ1) is 15.5. The number of nitrogens with one attached hydrogen (secondary N) is 3. The average Bonchev–Trinajstić information content (AvgIpc) is 2.69. The molecule has 3 amide bonds. The fourth-order valence-corrected chi connectivity index (χ4v) is 2.13. The second-order valence-corrected chi connectivity index (χ2v) is 6.19. The Morgan fingerprint density at radius 3 is 1.44 bits per heavy atom. The lowest BCUT2D eigenvalue weighted by atomic mass is 10.2. The molecule has 184 valence electrons. The van der Waals surface area contributed by atoms with Crippen LogP contribution in [-0.4, -0.2) is 36.3 Å². The zero-order valence-electron chi connectivity index (χ0n) is 16.1. The standard InChI is InChI=1S/C18H10F9N3O4/c19-16(20,21)13(31)28-8-1-3-9(4-2-8)34-10-5-6-11(29-14(32)17(22,23)24)12(7-10)30-15(33)18(25,26)27/h1-7H,(H,28,31)(H,29,32)(H,30,33). The molecule has 2 aromatic rings. The Labute approximate surface area is 182 Å². The van der Waals surface area contributed by atoms with E-state index in [0.717, 1.165) is 30.3 Å². The lowest BCUT2D eigenvalue weighted by Crippen LogP contribution is -2.32. The number of rotatable bonds is 5. The highest BCUT2D eigenvalue weighted by molar-refractivity contribution is 6.03. The molecule has 0 bridgehead atoms. The van der Waals surface area contributed by atoms with Gasteiger partial charge >= 0.3 is 36.3 Å². The molecular formula is C18H10F9N3O4. The van der Waals surface area contributed by atoms with Crippen LogP contribution in [0.25, 0.3) is 0 Å². The molecule has 0 heterocycles. The summed E-state index contributed by atoms with van der Waals surface area (Å²) in [7, 11) is 0. The van der Waals surface area contributed by atoms with Crippen molar-refractivity contribution in [3.8, 4) is 11.5 Å². The van der Waals surface area contributed by atoms with E-state index < -0.39 is 47.6 Å². The molecular weight excluding hydrogens is 493 g/mol. The van der Waals surface area contributed by atoms with Gasteiger partial charge in [-0.15, -0.1) is 0 Å². The first-order valence-corrected chi connectivity index (χ1v) is 8.53. The largest absolute Gasteiger partial charge is 0.471 e. The van der Waals surface area contributed by atoms with Gasteiger partial charge in [-0.3, -0.25) is 14.4 Å². The minimum absolute atomic E-state index is 0.120. The summed E-state index contributed by atoms with van der Waals surface area (Å²) in [6.45, 7) is 0. The second-order valence-electron chi connectivity index (χ2n) is 6.19. The topological polar surface area (TPSA) is 96.5 Å². The number of hydrogen-bond acceptors (Lipinski definition) is 4. The molecule has 34 heavy (non-hydrogen) atoms. The molecule has 0 aliphatic rings. The molecule has 0 spiro atoms. The van der Waals surface area contributed by atoms with E-state index in [4.69, 9.17) is 4.74 Å². The predicted molar refractivity (Wildman–Crippen MR) is 97.0 cm³/mol. The third kappa shape index (κ3) is 7.28. The number of ether oxygens (including phenoxy) is 1. The van der Waals surface area contributed by atoms with Crippen LogP contribution in [0.2, 0.25) is 0 Å². The van der Waals surface area contributed by atoms with Gasteiger partial charge in [0, 0.05) is 11.8 Å². The molecule has 0 fully saturated rings. The van der Waals surface area contributed by atoms with Crippen molar-refractivity contribution in [1.29, 1.82) is 0 Å². The van der Waals surface area contributed by atoms with Gasteiger partial charge < -0.3 is 20.7 Å². The molecule has 0 aliphatic carbocycles. The highest BCUT2D eigenvalue weighted by Gasteiger charge is 2.41. The Kier molecular flexibility index (Phi) is 7.33. The van der Waals surface area contributed by atoms with E-state index >= 15 is 0 Å². The number of carbonyl (C=O) groups excluding carboxylic acids is 3. The van der Waals surface area contributed by atoms with E-state index in [2.05, 4.69) is 0 Å². The van der Waals surface area contributed by atoms with E-state index in [0.29, 0.717) is 12.1 Å². The Balaban J connectivity index is 2.27. The first-order valence-electron chi connectivity index (χ1n) is 8.53. The van der Waals surface area contributed by atoms with Crippen molar-refractivity contribution in [2.75, 3.05) is 16.0 Å². The lowest BCUT2D eigenvalue weighted by molar-refractivity contribution is -0.167. The fraction of sp³-hybridized carbons (Fsp3) is 0.167. The number of amides is 3. The summed E-state index contributed by atoms with van der Waals surface area (Å²) >= 11 is 0. The Morgan fingerprint density at radius 2 is 0.971 bits per heavy atom. The molecule has 7 nitrogen and oxygen atoms in total. The van der Waals surface area contributed by atoms with Gasteiger partial charge in [0.25, 0.3) is 0 Å². The van der Waals surface area contributed by atoms with Gasteiger partial charge in [-0.25, -0.2) is 0 Å². The van der Waals surface area contributed by atoms with Crippen LogP contribution < -0.4 is 20.7 Å². The van der Waals surface area contributed by atoms with Gasteiger partial charge in [-0.1, -0.05) is 0 Å². The van der Waals surface area contributed by atoms with Crippen molar-refractivity contribution in [3.05, 3.63) is 42.5 Å².